The molecule has 0 spiro atoms. The number of likely N-dealkylation sites (N-methyl/N-ethyl adjacent to an activating group) is 1. The zero-order chi connectivity index (χ0) is 19.4. The smallest absolute Gasteiger partial charge is 0.243 e. The topological polar surface area (TPSA) is 66.0 Å². The van der Waals surface area contributed by atoms with E-state index >= 15 is 0 Å². The third-order valence-corrected chi connectivity index (χ3v) is 4.90. The Kier molecular flexibility index (Phi) is 14.6. The summed E-state index contributed by atoms with van der Waals surface area (Å²) in [6.45, 7) is 8.76. The Balaban J connectivity index is 0.00000676. The van der Waals surface area contributed by atoms with Crippen LogP contribution >= 0.6 is 35.3 Å². The maximum atomic E-state index is 11.8. The Bertz CT molecular complexity index is 536. The van der Waals surface area contributed by atoms with Crippen LogP contribution in [0.2, 0.25) is 0 Å². The molecule has 8 heteroatoms. The SMILES string of the molecule is CCOC(CCNC(=NCC(=O)N(C)C)NCCc1cccs1)C(C)C.I. The van der Waals surface area contributed by atoms with Crippen molar-refractivity contribution >= 4 is 47.2 Å². The summed E-state index contributed by atoms with van der Waals surface area (Å²) in [6.07, 6.45) is 2.06. The minimum Gasteiger partial charge on any atom is -0.378 e. The van der Waals surface area contributed by atoms with Gasteiger partial charge in [0.25, 0.3) is 0 Å². The molecular formula is C19H35IN4O2S. The number of nitrogens with one attached hydrogen (secondary N) is 2. The number of ether oxygens (including phenoxy) is 1. The number of aliphatic imine (C=N–C) groups is 1. The van der Waals surface area contributed by atoms with E-state index in [4.69, 9.17) is 4.74 Å². The molecule has 0 aliphatic heterocycles. The van der Waals surface area contributed by atoms with Gasteiger partial charge in [0.2, 0.25) is 5.91 Å². The number of carbonyl (C=O) groups is 1. The maximum Gasteiger partial charge on any atom is 0.243 e. The van der Waals surface area contributed by atoms with Crippen molar-refractivity contribution in [3.63, 3.8) is 0 Å². The van der Waals surface area contributed by atoms with E-state index in [2.05, 4.69) is 47.0 Å². The van der Waals surface area contributed by atoms with Crippen molar-refractivity contribution < 1.29 is 9.53 Å². The van der Waals surface area contributed by atoms with E-state index < -0.39 is 0 Å². The lowest BCUT2D eigenvalue weighted by atomic mass is 10.0. The van der Waals surface area contributed by atoms with Crippen LogP contribution in [-0.2, 0) is 16.0 Å². The highest BCUT2D eigenvalue weighted by Crippen LogP contribution is 2.10. The summed E-state index contributed by atoms with van der Waals surface area (Å²) in [4.78, 5) is 19.1. The first-order valence-corrected chi connectivity index (χ1v) is 10.2. The molecule has 0 aliphatic carbocycles. The van der Waals surface area contributed by atoms with Gasteiger partial charge < -0.3 is 20.3 Å². The predicted molar refractivity (Wildman–Crippen MR) is 125 cm³/mol. The van der Waals surface area contributed by atoms with E-state index in [0.717, 1.165) is 32.5 Å². The van der Waals surface area contributed by atoms with E-state index in [1.807, 2.05) is 6.92 Å². The number of halogens is 1. The average Bonchev–Trinajstić information content (AvgIpc) is 3.11. The van der Waals surface area contributed by atoms with Gasteiger partial charge in [0.15, 0.2) is 5.96 Å². The highest BCUT2D eigenvalue weighted by Gasteiger charge is 2.13. The number of carbonyl (C=O) groups excluding carboxylic acids is 1. The molecular weight excluding hydrogens is 475 g/mol. The minimum atomic E-state index is -0.0151. The number of hydrogen-bond donors (Lipinski definition) is 2. The third-order valence-electron chi connectivity index (χ3n) is 3.96. The second-order valence-corrected chi connectivity index (χ2v) is 7.69. The summed E-state index contributed by atoms with van der Waals surface area (Å²) in [5.41, 5.74) is 0. The normalized spacial score (nSPS) is 12.4. The van der Waals surface area contributed by atoms with Crippen LogP contribution in [0.1, 0.15) is 32.1 Å². The summed E-state index contributed by atoms with van der Waals surface area (Å²) in [5, 5.41) is 8.73. The van der Waals surface area contributed by atoms with E-state index in [-0.39, 0.29) is 42.5 Å². The zero-order valence-corrected chi connectivity index (χ0v) is 20.3. The number of nitrogens with zero attached hydrogens (tertiary/aromatic N) is 2. The summed E-state index contributed by atoms with van der Waals surface area (Å²) in [7, 11) is 3.48. The molecule has 1 rings (SSSR count). The molecule has 27 heavy (non-hydrogen) atoms. The van der Waals surface area contributed by atoms with Crippen LogP contribution in [0.3, 0.4) is 0 Å². The molecule has 0 aromatic carbocycles. The van der Waals surface area contributed by atoms with Crippen LogP contribution in [0.25, 0.3) is 0 Å². The van der Waals surface area contributed by atoms with Gasteiger partial charge in [-0.25, -0.2) is 4.99 Å². The molecule has 0 bridgehead atoms. The molecule has 1 unspecified atom stereocenters. The molecule has 2 N–H and O–H groups in total. The van der Waals surface area contributed by atoms with Gasteiger partial charge in [-0.15, -0.1) is 35.3 Å². The standard InChI is InChI=1S/C19H34N4O2S.HI/c1-6-25-17(15(2)3)10-12-21-19(22-14-18(24)23(4)5)20-11-9-16-8-7-13-26-16;/h7-8,13,15,17H,6,9-12,14H2,1-5H3,(H2,20,21,22);1H. The van der Waals surface area contributed by atoms with E-state index in [0.29, 0.717) is 11.9 Å². The highest BCUT2D eigenvalue weighted by molar-refractivity contribution is 14.0. The van der Waals surface area contributed by atoms with Crippen LogP contribution in [0.15, 0.2) is 22.5 Å². The van der Waals surface area contributed by atoms with Gasteiger partial charge in [-0.2, -0.15) is 0 Å². The minimum absolute atomic E-state index is 0. The van der Waals surface area contributed by atoms with Gasteiger partial charge in [0, 0.05) is 38.7 Å². The molecule has 1 aromatic heterocycles. The number of rotatable bonds is 11. The Morgan fingerprint density at radius 2 is 2.00 bits per heavy atom. The van der Waals surface area contributed by atoms with Crippen molar-refractivity contribution in [2.24, 2.45) is 10.9 Å². The third kappa shape index (κ3) is 11.5. The fourth-order valence-corrected chi connectivity index (χ4v) is 3.09. The predicted octanol–water partition coefficient (Wildman–Crippen LogP) is 2.98. The van der Waals surface area contributed by atoms with Crippen molar-refractivity contribution in [2.75, 3.05) is 40.3 Å². The van der Waals surface area contributed by atoms with Gasteiger partial charge in [-0.1, -0.05) is 19.9 Å². The lowest BCUT2D eigenvalue weighted by molar-refractivity contribution is -0.127. The number of hydrogen-bond acceptors (Lipinski definition) is 4. The molecule has 1 atom stereocenters. The van der Waals surface area contributed by atoms with Gasteiger partial charge in [0.1, 0.15) is 6.54 Å². The van der Waals surface area contributed by atoms with Gasteiger partial charge in [-0.3, -0.25) is 4.79 Å². The Labute approximate surface area is 185 Å². The highest BCUT2D eigenvalue weighted by atomic mass is 127. The number of amides is 1. The fourth-order valence-electron chi connectivity index (χ4n) is 2.38. The van der Waals surface area contributed by atoms with Crippen LogP contribution in [0.5, 0.6) is 0 Å². The van der Waals surface area contributed by atoms with Crippen LogP contribution in [-0.4, -0.2) is 63.2 Å². The van der Waals surface area contributed by atoms with Crippen molar-refractivity contribution in [3.05, 3.63) is 22.4 Å². The molecule has 0 fully saturated rings. The summed E-state index contributed by atoms with van der Waals surface area (Å²) in [5.74, 6) is 1.13. The first kappa shape index (κ1) is 26.1. The molecule has 1 aromatic rings. The molecule has 0 saturated heterocycles. The first-order chi connectivity index (χ1) is 12.4. The van der Waals surface area contributed by atoms with E-state index in [9.17, 15) is 4.79 Å². The van der Waals surface area contributed by atoms with Crippen LogP contribution in [0, 0.1) is 5.92 Å². The summed E-state index contributed by atoms with van der Waals surface area (Å²) < 4.78 is 5.79. The lowest BCUT2D eigenvalue weighted by Gasteiger charge is -2.21. The summed E-state index contributed by atoms with van der Waals surface area (Å²) in [6, 6.07) is 4.18. The first-order valence-electron chi connectivity index (χ1n) is 9.30. The molecule has 1 amide bonds. The molecule has 1 heterocycles. The van der Waals surface area contributed by atoms with Crippen molar-refractivity contribution in [2.45, 2.75) is 39.7 Å². The fraction of sp³-hybridized carbons (Fsp3) is 0.684. The van der Waals surface area contributed by atoms with Crippen LogP contribution in [0.4, 0.5) is 0 Å². The van der Waals surface area contributed by atoms with Crippen molar-refractivity contribution in [3.8, 4) is 0 Å². The second-order valence-electron chi connectivity index (χ2n) is 6.66. The number of guanidine groups is 1. The average molecular weight is 510 g/mol. The Morgan fingerprint density at radius 3 is 2.56 bits per heavy atom. The monoisotopic (exact) mass is 510 g/mol. The largest absolute Gasteiger partial charge is 0.378 e. The second kappa shape index (κ2) is 15.1. The van der Waals surface area contributed by atoms with E-state index in [1.54, 1.807) is 30.3 Å². The van der Waals surface area contributed by atoms with Crippen LogP contribution < -0.4 is 10.6 Å². The van der Waals surface area contributed by atoms with Crippen molar-refractivity contribution in [1.82, 2.24) is 15.5 Å². The van der Waals surface area contributed by atoms with E-state index in [1.165, 1.54) is 4.88 Å². The molecule has 0 radical (unpaired) electrons. The molecule has 156 valence electrons. The molecule has 0 saturated carbocycles. The molecule has 0 aliphatic rings. The quantitative estimate of drug-likeness (QED) is 0.273. The van der Waals surface area contributed by atoms with Gasteiger partial charge in [0.05, 0.1) is 6.10 Å². The summed E-state index contributed by atoms with van der Waals surface area (Å²) >= 11 is 1.75. The maximum absolute atomic E-state index is 11.8. The van der Waals surface area contributed by atoms with Gasteiger partial charge in [-0.05, 0) is 37.1 Å². The lowest BCUT2D eigenvalue weighted by Crippen LogP contribution is -2.41. The number of thiophene rings is 1. The van der Waals surface area contributed by atoms with Crippen molar-refractivity contribution in [1.29, 1.82) is 0 Å². The van der Waals surface area contributed by atoms with Gasteiger partial charge >= 0.3 is 0 Å². The molecule has 6 nitrogen and oxygen atoms in total. The Hall–Kier alpha value is -0.870. The zero-order valence-electron chi connectivity index (χ0n) is 17.2. The Morgan fingerprint density at radius 1 is 1.30 bits per heavy atom.